The minimum absolute atomic E-state index is 0.0346. The lowest BCUT2D eigenvalue weighted by Gasteiger charge is -2.23. The fraction of sp³-hybridized carbons (Fsp3) is 0.171. The average molecular weight is 599 g/mol. The molecular weight excluding hydrogens is 564 g/mol. The first-order chi connectivity index (χ1) is 21.2. The fourth-order valence-electron chi connectivity index (χ4n) is 4.84. The molecule has 6 N–H and O–H groups in total. The van der Waals surface area contributed by atoms with Crippen molar-refractivity contribution in [3.63, 3.8) is 0 Å². The Morgan fingerprint density at radius 2 is 1.34 bits per heavy atom. The molecule has 228 valence electrons. The van der Waals surface area contributed by atoms with Crippen LogP contribution in [0.15, 0.2) is 91.0 Å². The third-order valence-corrected chi connectivity index (χ3v) is 7.21. The lowest BCUT2D eigenvalue weighted by molar-refractivity contribution is -0.281. The number of phenolic OH excluding ortho intramolecular Hbond substituents is 5. The summed E-state index contributed by atoms with van der Waals surface area (Å²) >= 11 is 0. The van der Waals surface area contributed by atoms with Gasteiger partial charge in [-0.05, 0) is 78.4 Å². The van der Waals surface area contributed by atoms with Crippen molar-refractivity contribution < 1.29 is 45.2 Å². The Balaban J connectivity index is 1.70. The lowest BCUT2D eigenvalue weighted by Crippen LogP contribution is -2.16. The molecule has 9 nitrogen and oxygen atoms in total. The number of phenols is 5. The van der Waals surface area contributed by atoms with Gasteiger partial charge in [-0.15, -0.1) is 0 Å². The molecule has 4 aromatic carbocycles. The van der Waals surface area contributed by atoms with Gasteiger partial charge < -0.3 is 30.3 Å². The topological polar surface area (TPSA) is 157 Å². The fourth-order valence-corrected chi connectivity index (χ4v) is 4.84. The predicted octanol–water partition coefficient (Wildman–Crippen LogP) is 6.80. The molecule has 0 aliphatic rings. The van der Waals surface area contributed by atoms with Crippen LogP contribution in [0.2, 0.25) is 0 Å². The molecule has 0 aliphatic heterocycles. The second kappa shape index (κ2) is 14.8. The summed E-state index contributed by atoms with van der Waals surface area (Å²) in [5.41, 5.74) is 2.14. The zero-order valence-electron chi connectivity index (χ0n) is 24.0. The summed E-state index contributed by atoms with van der Waals surface area (Å²) in [6, 6.07) is 20.5. The number of ketones is 1. The smallest absolute Gasteiger partial charge is 0.193 e. The third kappa shape index (κ3) is 8.19. The van der Waals surface area contributed by atoms with Crippen molar-refractivity contribution in [2.24, 2.45) is 0 Å². The maximum Gasteiger partial charge on any atom is 0.193 e. The van der Waals surface area contributed by atoms with Crippen LogP contribution >= 0.6 is 0 Å². The summed E-state index contributed by atoms with van der Waals surface area (Å²) in [4.78, 5) is 18.2. The zero-order chi connectivity index (χ0) is 31.6. The zero-order valence-corrected chi connectivity index (χ0v) is 24.0. The Morgan fingerprint density at radius 1 is 0.795 bits per heavy atom. The standard InChI is InChI=1S/C35H34O9/c1-43-32-21-31(40)33(35(41)34(32)30(39)19-10-24-7-16-28(38)17-8-24)25(11-2-22-3-12-26(36)13-4-22)20-29(44-42)18-9-23-5-14-27(37)15-6-23/h2-8,10-17,19,21,25,29,36-38,40-42H,9,18,20H2,1H3/t25-,29-/m0/s1. The van der Waals surface area contributed by atoms with Gasteiger partial charge in [0.25, 0.3) is 0 Å². The van der Waals surface area contributed by atoms with Gasteiger partial charge in [0.2, 0.25) is 0 Å². The van der Waals surface area contributed by atoms with E-state index in [1.54, 1.807) is 60.7 Å². The first-order valence-electron chi connectivity index (χ1n) is 13.9. The summed E-state index contributed by atoms with van der Waals surface area (Å²) in [6.45, 7) is 0. The second-order valence-electron chi connectivity index (χ2n) is 10.2. The Morgan fingerprint density at radius 3 is 1.89 bits per heavy atom. The highest BCUT2D eigenvalue weighted by atomic mass is 17.1. The molecule has 2 atom stereocenters. The van der Waals surface area contributed by atoms with Crippen LogP contribution in [-0.4, -0.2) is 49.8 Å². The molecule has 9 heteroatoms. The van der Waals surface area contributed by atoms with E-state index < -0.39 is 23.6 Å². The van der Waals surface area contributed by atoms with E-state index in [9.17, 15) is 35.6 Å². The quantitative estimate of drug-likeness (QED) is 0.0422. The van der Waals surface area contributed by atoms with Crippen LogP contribution in [-0.2, 0) is 11.3 Å². The number of ether oxygens (including phenoxy) is 1. The number of rotatable bonds is 13. The normalized spacial score (nSPS) is 12.9. The van der Waals surface area contributed by atoms with Crippen LogP contribution < -0.4 is 4.74 Å². The van der Waals surface area contributed by atoms with E-state index in [1.165, 1.54) is 49.6 Å². The summed E-state index contributed by atoms with van der Waals surface area (Å²) in [5, 5.41) is 61.1. The highest BCUT2D eigenvalue weighted by Crippen LogP contribution is 2.45. The second-order valence-corrected chi connectivity index (χ2v) is 10.2. The molecule has 0 saturated carbocycles. The molecule has 4 rings (SSSR count). The maximum absolute atomic E-state index is 13.4. The lowest BCUT2D eigenvalue weighted by atomic mass is 9.87. The molecule has 0 aliphatic carbocycles. The molecule has 0 radical (unpaired) electrons. The third-order valence-electron chi connectivity index (χ3n) is 7.21. The molecule has 0 unspecified atom stereocenters. The molecule has 0 saturated heterocycles. The molecule has 0 amide bonds. The van der Waals surface area contributed by atoms with Gasteiger partial charge in [-0.25, -0.2) is 4.89 Å². The van der Waals surface area contributed by atoms with Crippen molar-refractivity contribution in [3.05, 3.63) is 119 Å². The van der Waals surface area contributed by atoms with Crippen LogP contribution in [0.3, 0.4) is 0 Å². The van der Waals surface area contributed by atoms with Gasteiger partial charge in [0, 0.05) is 17.5 Å². The van der Waals surface area contributed by atoms with Crippen LogP contribution in [0.5, 0.6) is 34.5 Å². The van der Waals surface area contributed by atoms with Crippen molar-refractivity contribution in [1.82, 2.24) is 0 Å². The number of methoxy groups -OCH3 is 1. The minimum atomic E-state index is -0.751. The van der Waals surface area contributed by atoms with Gasteiger partial charge in [-0.1, -0.05) is 54.6 Å². The molecular formula is C35H34O9. The number of carbonyl (C=O) groups excluding carboxylic acids is 1. The summed E-state index contributed by atoms with van der Waals surface area (Å²) in [7, 11) is 1.31. The van der Waals surface area contributed by atoms with Gasteiger partial charge >= 0.3 is 0 Å². The van der Waals surface area contributed by atoms with Gasteiger partial charge in [0.15, 0.2) is 5.78 Å². The van der Waals surface area contributed by atoms with Crippen LogP contribution in [0.25, 0.3) is 12.2 Å². The Bertz CT molecular complexity index is 1610. The van der Waals surface area contributed by atoms with E-state index >= 15 is 0 Å². The highest BCUT2D eigenvalue weighted by Gasteiger charge is 2.28. The SMILES string of the molecule is COc1cc(O)c([C@@H](C=Cc2ccc(O)cc2)C[C@H](CCc2ccc(O)cc2)OO)c(O)c1C(=O)C=Cc1ccc(O)cc1. The van der Waals surface area contributed by atoms with Crippen molar-refractivity contribution in [3.8, 4) is 34.5 Å². The number of allylic oxidation sites excluding steroid dienone is 2. The Kier molecular flexibility index (Phi) is 10.6. The van der Waals surface area contributed by atoms with E-state index in [-0.39, 0.29) is 46.3 Å². The van der Waals surface area contributed by atoms with Gasteiger partial charge in [-0.2, -0.15) is 0 Å². The van der Waals surface area contributed by atoms with Crippen molar-refractivity contribution >= 4 is 17.9 Å². The Labute approximate surface area is 254 Å². The number of aryl methyl sites for hydroxylation is 1. The van der Waals surface area contributed by atoms with Crippen molar-refractivity contribution in [2.45, 2.75) is 31.3 Å². The van der Waals surface area contributed by atoms with Gasteiger partial charge in [-0.3, -0.25) is 10.1 Å². The summed E-state index contributed by atoms with van der Waals surface area (Å²) in [6.07, 6.45) is 6.45. The maximum atomic E-state index is 13.4. The summed E-state index contributed by atoms with van der Waals surface area (Å²) in [5.74, 6) is -1.88. The minimum Gasteiger partial charge on any atom is -0.508 e. The molecule has 0 bridgehead atoms. The van der Waals surface area contributed by atoms with E-state index in [4.69, 9.17) is 9.62 Å². The van der Waals surface area contributed by atoms with Gasteiger partial charge in [0.1, 0.15) is 40.1 Å². The van der Waals surface area contributed by atoms with Crippen LogP contribution in [0.4, 0.5) is 0 Å². The van der Waals surface area contributed by atoms with E-state index in [0.29, 0.717) is 18.4 Å². The van der Waals surface area contributed by atoms with Gasteiger partial charge in [0.05, 0.1) is 13.2 Å². The molecule has 44 heavy (non-hydrogen) atoms. The number of carbonyl (C=O) groups is 1. The highest BCUT2D eigenvalue weighted by molar-refractivity contribution is 6.11. The Hall–Kier alpha value is -5.25. The molecule has 0 aromatic heterocycles. The monoisotopic (exact) mass is 598 g/mol. The van der Waals surface area contributed by atoms with Crippen molar-refractivity contribution in [2.75, 3.05) is 7.11 Å². The first-order valence-corrected chi connectivity index (χ1v) is 13.9. The van der Waals surface area contributed by atoms with E-state index in [0.717, 1.165) is 11.1 Å². The average Bonchev–Trinajstić information content (AvgIpc) is 3.02. The van der Waals surface area contributed by atoms with Crippen LogP contribution in [0, 0.1) is 0 Å². The van der Waals surface area contributed by atoms with Crippen molar-refractivity contribution in [1.29, 1.82) is 0 Å². The largest absolute Gasteiger partial charge is 0.508 e. The molecule has 0 spiro atoms. The number of aromatic hydroxyl groups is 5. The van der Waals surface area contributed by atoms with E-state index in [1.807, 2.05) is 0 Å². The summed E-state index contributed by atoms with van der Waals surface area (Å²) < 4.78 is 5.34. The molecule has 0 heterocycles. The number of benzene rings is 4. The number of hydrogen-bond donors (Lipinski definition) is 6. The van der Waals surface area contributed by atoms with E-state index in [2.05, 4.69) is 0 Å². The molecule has 0 fully saturated rings. The van der Waals surface area contributed by atoms with Crippen LogP contribution in [0.1, 0.15) is 51.4 Å². The first kappa shape index (κ1) is 31.7. The number of hydrogen-bond acceptors (Lipinski definition) is 9. The predicted molar refractivity (Wildman–Crippen MR) is 166 cm³/mol. The molecule has 4 aromatic rings.